The van der Waals surface area contributed by atoms with Crippen LogP contribution in [-0.2, 0) is 23.8 Å². The summed E-state index contributed by atoms with van der Waals surface area (Å²) in [6.07, 6.45) is 0. The van der Waals surface area contributed by atoms with Gasteiger partial charge >= 0.3 is 11.9 Å². The Kier molecular flexibility index (Phi) is 5.67. The van der Waals surface area contributed by atoms with Crippen molar-refractivity contribution in [1.29, 1.82) is 0 Å². The van der Waals surface area contributed by atoms with Crippen molar-refractivity contribution in [3.63, 3.8) is 0 Å². The van der Waals surface area contributed by atoms with Gasteiger partial charge in [-0.15, -0.1) is 0 Å². The average molecular weight is 405 g/mol. The SMILES string of the molecule is COC(=O)C1=C(C(=O)OC)N(c2c(C)cc(Br)cc2Cl)COC1. The molecule has 0 saturated carbocycles. The van der Waals surface area contributed by atoms with Crippen molar-refractivity contribution in [1.82, 2.24) is 0 Å². The van der Waals surface area contributed by atoms with Gasteiger partial charge in [0.1, 0.15) is 12.4 Å². The summed E-state index contributed by atoms with van der Waals surface area (Å²) in [4.78, 5) is 25.7. The fourth-order valence-electron chi connectivity index (χ4n) is 2.36. The number of hydrogen-bond donors (Lipinski definition) is 0. The van der Waals surface area contributed by atoms with Crippen LogP contribution in [-0.4, -0.2) is 39.5 Å². The highest BCUT2D eigenvalue weighted by molar-refractivity contribution is 9.10. The van der Waals surface area contributed by atoms with Gasteiger partial charge in [-0.1, -0.05) is 27.5 Å². The summed E-state index contributed by atoms with van der Waals surface area (Å²) >= 11 is 9.69. The minimum Gasteiger partial charge on any atom is -0.466 e. The van der Waals surface area contributed by atoms with E-state index in [9.17, 15) is 9.59 Å². The molecule has 1 aliphatic heterocycles. The van der Waals surface area contributed by atoms with Crippen LogP contribution in [0.2, 0.25) is 5.02 Å². The zero-order valence-corrected chi connectivity index (χ0v) is 15.2. The van der Waals surface area contributed by atoms with E-state index in [0.29, 0.717) is 10.7 Å². The van der Waals surface area contributed by atoms with Gasteiger partial charge in [-0.3, -0.25) is 0 Å². The van der Waals surface area contributed by atoms with E-state index in [0.717, 1.165) is 10.0 Å². The lowest BCUT2D eigenvalue weighted by atomic mass is 10.1. The van der Waals surface area contributed by atoms with Gasteiger partial charge < -0.3 is 19.1 Å². The van der Waals surface area contributed by atoms with E-state index >= 15 is 0 Å². The molecule has 0 atom stereocenters. The summed E-state index contributed by atoms with van der Waals surface area (Å²) in [6, 6.07) is 3.55. The van der Waals surface area contributed by atoms with Gasteiger partial charge in [-0.25, -0.2) is 9.59 Å². The predicted molar refractivity (Wildman–Crippen MR) is 88.2 cm³/mol. The van der Waals surface area contributed by atoms with Gasteiger partial charge in [0.05, 0.1) is 37.1 Å². The highest BCUT2D eigenvalue weighted by Gasteiger charge is 2.33. The highest BCUT2D eigenvalue weighted by Crippen LogP contribution is 2.37. The minimum absolute atomic E-state index is 0.0409. The van der Waals surface area contributed by atoms with Crippen molar-refractivity contribution in [2.75, 3.05) is 32.5 Å². The first-order chi connectivity index (χ1) is 10.9. The van der Waals surface area contributed by atoms with Crippen molar-refractivity contribution in [2.24, 2.45) is 0 Å². The van der Waals surface area contributed by atoms with E-state index in [1.165, 1.54) is 19.1 Å². The molecule has 0 unspecified atom stereocenters. The van der Waals surface area contributed by atoms with Gasteiger partial charge in [0.15, 0.2) is 0 Å². The number of carbonyl (C=O) groups is 2. The molecule has 0 saturated heterocycles. The van der Waals surface area contributed by atoms with Gasteiger partial charge in [-0.2, -0.15) is 0 Å². The molecule has 1 aliphatic rings. The summed E-state index contributed by atoms with van der Waals surface area (Å²) in [6.45, 7) is 1.86. The Labute approximate surface area is 147 Å². The summed E-state index contributed by atoms with van der Waals surface area (Å²) in [7, 11) is 2.48. The van der Waals surface area contributed by atoms with Gasteiger partial charge in [-0.05, 0) is 24.6 Å². The third-order valence-electron chi connectivity index (χ3n) is 3.32. The van der Waals surface area contributed by atoms with Crippen molar-refractivity contribution in [3.8, 4) is 0 Å². The second-order valence-electron chi connectivity index (χ2n) is 4.77. The maximum Gasteiger partial charge on any atom is 0.355 e. The molecule has 0 N–H and O–H groups in total. The molecule has 0 aromatic heterocycles. The van der Waals surface area contributed by atoms with Crippen molar-refractivity contribution < 1.29 is 23.8 Å². The van der Waals surface area contributed by atoms with Crippen LogP contribution in [0.3, 0.4) is 0 Å². The molecule has 0 bridgehead atoms. The van der Waals surface area contributed by atoms with E-state index in [1.807, 2.05) is 13.0 Å². The summed E-state index contributed by atoms with van der Waals surface area (Å²) in [5.74, 6) is -1.31. The number of hydrogen-bond acceptors (Lipinski definition) is 6. The first kappa shape index (κ1) is 17.8. The molecule has 0 spiro atoms. The molecule has 1 heterocycles. The van der Waals surface area contributed by atoms with E-state index < -0.39 is 11.9 Å². The van der Waals surface area contributed by atoms with Crippen molar-refractivity contribution >= 4 is 45.2 Å². The maximum absolute atomic E-state index is 12.2. The number of nitrogens with zero attached hydrogens (tertiary/aromatic N) is 1. The van der Waals surface area contributed by atoms with Crippen LogP contribution < -0.4 is 4.90 Å². The lowest BCUT2D eigenvalue weighted by Gasteiger charge is -2.32. The predicted octanol–water partition coefficient (Wildman–Crippen LogP) is 2.81. The van der Waals surface area contributed by atoms with Gasteiger partial charge in [0, 0.05) is 4.47 Å². The number of esters is 2. The Bertz CT molecular complexity index is 665. The Morgan fingerprint density at radius 1 is 1.26 bits per heavy atom. The lowest BCUT2D eigenvalue weighted by molar-refractivity contribution is -0.140. The molecule has 6 nitrogen and oxygen atoms in total. The third-order valence-corrected chi connectivity index (χ3v) is 4.07. The Balaban J connectivity index is 2.65. The second kappa shape index (κ2) is 7.33. The monoisotopic (exact) mass is 403 g/mol. The fourth-order valence-corrected chi connectivity index (χ4v) is 3.43. The summed E-state index contributed by atoms with van der Waals surface area (Å²) in [5.41, 5.74) is 1.53. The van der Waals surface area contributed by atoms with Crippen LogP contribution >= 0.6 is 27.5 Å². The highest BCUT2D eigenvalue weighted by atomic mass is 79.9. The maximum atomic E-state index is 12.2. The number of ether oxygens (including phenoxy) is 3. The zero-order chi connectivity index (χ0) is 17.1. The second-order valence-corrected chi connectivity index (χ2v) is 6.09. The Morgan fingerprint density at radius 3 is 2.48 bits per heavy atom. The van der Waals surface area contributed by atoms with Crippen molar-refractivity contribution in [2.45, 2.75) is 6.92 Å². The lowest BCUT2D eigenvalue weighted by Crippen LogP contribution is -2.39. The van der Waals surface area contributed by atoms with Crippen molar-refractivity contribution in [3.05, 3.63) is 38.5 Å². The zero-order valence-electron chi connectivity index (χ0n) is 12.8. The normalized spacial score (nSPS) is 14.7. The molecule has 0 aliphatic carbocycles. The molecular weight excluding hydrogens is 390 g/mol. The number of rotatable bonds is 3. The fraction of sp³-hybridized carbons (Fsp3) is 0.333. The van der Waals surface area contributed by atoms with Crippen LogP contribution in [0.1, 0.15) is 5.56 Å². The number of carbonyl (C=O) groups excluding carboxylic acids is 2. The third kappa shape index (κ3) is 3.52. The summed E-state index contributed by atoms with van der Waals surface area (Å²) < 4.78 is 15.8. The molecule has 0 amide bonds. The number of anilines is 1. The minimum atomic E-state index is -0.660. The average Bonchev–Trinajstić information content (AvgIpc) is 2.52. The molecule has 1 aromatic rings. The molecule has 23 heavy (non-hydrogen) atoms. The van der Waals surface area contributed by atoms with Gasteiger partial charge in [0.25, 0.3) is 0 Å². The first-order valence-corrected chi connectivity index (χ1v) is 7.78. The molecule has 0 radical (unpaired) electrons. The van der Waals surface area contributed by atoms with Crippen LogP contribution in [0.25, 0.3) is 0 Å². The number of aryl methyl sites for hydroxylation is 1. The quantitative estimate of drug-likeness (QED) is 0.722. The standard InChI is InChI=1S/C15H15BrClNO5/c1-8-4-9(16)5-11(17)12(8)18-7-23-6-10(14(19)21-2)13(18)15(20)22-3/h4-5H,6-7H2,1-3H3. The van der Waals surface area contributed by atoms with E-state index in [1.54, 1.807) is 6.07 Å². The van der Waals surface area contributed by atoms with Crippen LogP contribution in [0.4, 0.5) is 5.69 Å². The number of methoxy groups -OCH3 is 2. The molecule has 2 rings (SSSR count). The van der Waals surface area contributed by atoms with E-state index in [2.05, 4.69) is 15.9 Å². The van der Waals surface area contributed by atoms with Crippen LogP contribution in [0.5, 0.6) is 0 Å². The first-order valence-electron chi connectivity index (χ1n) is 6.61. The molecular formula is C15H15BrClNO5. The Morgan fingerprint density at radius 2 is 1.91 bits per heavy atom. The topological polar surface area (TPSA) is 65.1 Å². The van der Waals surface area contributed by atoms with Crippen LogP contribution in [0.15, 0.2) is 27.9 Å². The summed E-state index contributed by atoms with van der Waals surface area (Å²) in [5, 5.41) is 0.410. The Hall–Kier alpha value is -1.57. The molecule has 1 aromatic carbocycles. The smallest absolute Gasteiger partial charge is 0.355 e. The van der Waals surface area contributed by atoms with Crippen LogP contribution in [0, 0.1) is 6.92 Å². The molecule has 124 valence electrons. The van der Waals surface area contributed by atoms with E-state index in [4.69, 9.17) is 25.8 Å². The van der Waals surface area contributed by atoms with E-state index in [-0.39, 0.29) is 24.6 Å². The largest absolute Gasteiger partial charge is 0.466 e. The molecule has 0 fully saturated rings. The number of halogens is 2. The molecule has 8 heteroatoms. The van der Waals surface area contributed by atoms with Gasteiger partial charge in [0.2, 0.25) is 0 Å². The number of benzene rings is 1.